The minimum atomic E-state index is -0.850. The summed E-state index contributed by atoms with van der Waals surface area (Å²) in [6, 6.07) is 12.0. The predicted octanol–water partition coefficient (Wildman–Crippen LogP) is 3.66. The summed E-state index contributed by atoms with van der Waals surface area (Å²) in [5.74, 6) is 0.859. The number of ether oxygens (including phenoxy) is 2. The molecule has 116 valence electrons. The van der Waals surface area contributed by atoms with E-state index in [1.54, 1.807) is 42.5 Å². The molecule has 5 heteroatoms. The van der Waals surface area contributed by atoms with E-state index in [0.29, 0.717) is 27.6 Å². The molecule has 0 saturated carbocycles. The van der Waals surface area contributed by atoms with Gasteiger partial charge in [-0.15, -0.1) is 0 Å². The molecular formula is C17H17ClO4. The SMILES string of the molecule is COc1ccc(OCC(O)c2ccccc2Cl)cc1C(C)=O. The van der Waals surface area contributed by atoms with E-state index in [1.165, 1.54) is 14.0 Å². The van der Waals surface area contributed by atoms with E-state index in [1.807, 2.05) is 0 Å². The first kappa shape index (κ1) is 16.3. The fourth-order valence-corrected chi connectivity index (χ4v) is 2.32. The van der Waals surface area contributed by atoms with Crippen molar-refractivity contribution in [1.82, 2.24) is 0 Å². The molecule has 2 aromatic carbocycles. The molecule has 0 saturated heterocycles. The van der Waals surface area contributed by atoms with Gasteiger partial charge in [0.25, 0.3) is 0 Å². The third-order valence-electron chi connectivity index (χ3n) is 3.22. The molecule has 0 aliphatic heterocycles. The minimum Gasteiger partial charge on any atom is -0.496 e. The van der Waals surface area contributed by atoms with Crippen LogP contribution in [0.25, 0.3) is 0 Å². The maximum Gasteiger partial charge on any atom is 0.163 e. The highest BCUT2D eigenvalue weighted by Crippen LogP contribution is 2.27. The first-order valence-electron chi connectivity index (χ1n) is 6.77. The normalized spacial score (nSPS) is 11.8. The molecule has 1 atom stereocenters. The number of methoxy groups -OCH3 is 1. The summed E-state index contributed by atoms with van der Waals surface area (Å²) in [6.07, 6.45) is -0.850. The Morgan fingerprint density at radius 2 is 2.00 bits per heavy atom. The fraction of sp³-hybridized carbons (Fsp3) is 0.235. The molecule has 0 aromatic heterocycles. The van der Waals surface area contributed by atoms with Gasteiger partial charge in [-0.1, -0.05) is 29.8 Å². The summed E-state index contributed by atoms with van der Waals surface area (Å²) in [6.45, 7) is 1.49. The number of benzene rings is 2. The Kier molecular flexibility index (Phi) is 5.41. The van der Waals surface area contributed by atoms with Crippen molar-refractivity contribution in [2.45, 2.75) is 13.0 Å². The van der Waals surface area contributed by atoms with Crippen LogP contribution < -0.4 is 9.47 Å². The van der Waals surface area contributed by atoms with Gasteiger partial charge in [0, 0.05) is 10.6 Å². The highest BCUT2D eigenvalue weighted by molar-refractivity contribution is 6.31. The van der Waals surface area contributed by atoms with Crippen LogP contribution in [0, 0.1) is 0 Å². The molecule has 2 rings (SSSR count). The Hall–Kier alpha value is -2.04. The lowest BCUT2D eigenvalue weighted by Crippen LogP contribution is -2.10. The molecule has 0 radical (unpaired) electrons. The molecule has 1 N–H and O–H groups in total. The molecule has 4 nitrogen and oxygen atoms in total. The number of hydrogen-bond acceptors (Lipinski definition) is 4. The van der Waals surface area contributed by atoms with Gasteiger partial charge in [0.1, 0.15) is 24.2 Å². The van der Waals surface area contributed by atoms with Crippen molar-refractivity contribution < 1.29 is 19.4 Å². The Balaban J connectivity index is 2.10. The molecule has 0 fully saturated rings. The topological polar surface area (TPSA) is 55.8 Å². The van der Waals surface area contributed by atoms with Crippen molar-refractivity contribution in [3.8, 4) is 11.5 Å². The van der Waals surface area contributed by atoms with Gasteiger partial charge in [0.2, 0.25) is 0 Å². The molecule has 0 amide bonds. The van der Waals surface area contributed by atoms with E-state index >= 15 is 0 Å². The molecule has 0 bridgehead atoms. The molecule has 0 aliphatic rings. The molecule has 1 unspecified atom stereocenters. The standard InChI is InChI=1S/C17H17ClO4/c1-11(19)14-9-12(7-8-17(14)21-2)22-10-16(20)13-5-3-4-6-15(13)18/h3-9,16,20H,10H2,1-2H3. The van der Waals surface area contributed by atoms with Crippen LogP contribution in [0.5, 0.6) is 11.5 Å². The van der Waals surface area contributed by atoms with Crippen molar-refractivity contribution in [2.24, 2.45) is 0 Å². The lowest BCUT2D eigenvalue weighted by molar-refractivity contribution is 0.101. The van der Waals surface area contributed by atoms with Gasteiger partial charge in [0.15, 0.2) is 5.78 Å². The molecule has 0 spiro atoms. The Bertz CT molecular complexity index is 669. The molecule has 22 heavy (non-hydrogen) atoms. The monoisotopic (exact) mass is 320 g/mol. The number of halogens is 1. The second kappa shape index (κ2) is 7.29. The van der Waals surface area contributed by atoms with Crippen molar-refractivity contribution in [2.75, 3.05) is 13.7 Å². The van der Waals surface area contributed by atoms with Crippen LogP contribution in [0.4, 0.5) is 0 Å². The molecule has 0 aliphatic carbocycles. The lowest BCUT2D eigenvalue weighted by atomic mass is 10.1. The van der Waals surface area contributed by atoms with Gasteiger partial charge in [-0.3, -0.25) is 4.79 Å². The maximum absolute atomic E-state index is 11.6. The van der Waals surface area contributed by atoms with E-state index in [-0.39, 0.29) is 12.4 Å². The summed E-state index contributed by atoms with van der Waals surface area (Å²) in [4.78, 5) is 11.6. The van der Waals surface area contributed by atoms with Gasteiger partial charge >= 0.3 is 0 Å². The Morgan fingerprint density at radius 1 is 1.27 bits per heavy atom. The number of aliphatic hydroxyl groups excluding tert-OH is 1. The summed E-state index contributed by atoms with van der Waals surface area (Å²) in [5.41, 5.74) is 1.04. The fourth-order valence-electron chi connectivity index (χ4n) is 2.06. The van der Waals surface area contributed by atoms with E-state index in [9.17, 15) is 9.90 Å². The van der Waals surface area contributed by atoms with Crippen LogP contribution in [-0.4, -0.2) is 24.6 Å². The van der Waals surface area contributed by atoms with Gasteiger partial charge in [-0.25, -0.2) is 0 Å². The third kappa shape index (κ3) is 3.78. The van der Waals surface area contributed by atoms with Crippen molar-refractivity contribution in [3.05, 3.63) is 58.6 Å². The van der Waals surface area contributed by atoms with Gasteiger partial charge in [0.05, 0.1) is 12.7 Å². The zero-order valence-electron chi connectivity index (χ0n) is 12.4. The number of rotatable bonds is 6. The van der Waals surface area contributed by atoms with Gasteiger partial charge in [-0.2, -0.15) is 0 Å². The minimum absolute atomic E-state index is 0.0351. The lowest BCUT2D eigenvalue weighted by Gasteiger charge is -2.15. The molecule has 2 aromatic rings. The van der Waals surface area contributed by atoms with Crippen LogP contribution in [0.2, 0.25) is 5.02 Å². The second-order valence-corrected chi connectivity index (χ2v) is 5.17. The van der Waals surface area contributed by atoms with Crippen LogP contribution in [0.15, 0.2) is 42.5 Å². The number of ketones is 1. The number of aliphatic hydroxyl groups is 1. The largest absolute Gasteiger partial charge is 0.496 e. The van der Waals surface area contributed by atoms with Crippen molar-refractivity contribution in [3.63, 3.8) is 0 Å². The Morgan fingerprint density at radius 3 is 2.64 bits per heavy atom. The van der Waals surface area contributed by atoms with Crippen molar-refractivity contribution in [1.29, 1.82) is 0 Å². The predicted molar refractivity (Wildman–Crippen MR) is 84.9 cm³/mol. The van der Waals surface area contributed by atoms with Gasteiger partial charge < -0.3 is 14.6 Å². The average Bonchev–Trinajstić information content (AvgIpc) is 2.52. The number of carbonyl (C=O) groups excluding carboxylic acids is 1. The van der Waals surface area contributed by atoms with Crippen LogP contribution in [-0.2, 0) is 0 Å². The van der Waals surface area contributed by atoms with E-state index in [4.69, 9.17) is 21.1 Å². The van der Waals surface area contributed by atoms with Gasteiger partial charge in [-0.05, 0) is 31.2 Å². The highest BCUT2D eigenvalue weighted by atomic mass is 35.5. The van der Waals surface area contributed by atoms with E-state index in [2.05, 4.69) is 0 Å². The zero-order chi connectivity index (χ0) is 16.1. The summed E-state index contributed by atoms with van der Waals surface area (Å²) >= 11 is 6.03. The first-order valence-corrected chi connectivity index (χ1v) is 7.15. The highest BCUT2D eigenvalue weighted by Gasteiger charge is 2.13. The average molecular weight is 321 g/mol. The third-order valence-corrected chi connectivity index (χ3v) is 3.57. The van der Waals surface area contributed by atoms with Crippen LogP contribution >= 0.6 is 11.6 Å². The second-order valence-electron chi connectivity index (χ2n) is 4.77. The first-order chi connectivity index (χ1) is 10.5. The summed E-state index contributed by atoms with van der Waals surface area (Å²) < 4.78 is 10.7. The number of carbonyl (C=O) groups is 1. The summed E-state index contributed by atoms with van der Waals surface area (Å²) in [7, 11) is 1.50. The van der Waals surface area contributed by atoms with E-state index < -0.39 is 6.10 Å². The molecular weight excluding hydrogens is 304 g/mol. The molecule has 0 heterocycles. The van der Waals surface area contributed by atoms with E-state index in [0.717, 1.165) is 0 Å². The smallest absolute Gasteiger partial charge is 0.163 e. The van der Waals surface area contributed by atoms with Crippen molar-refractivity contribution >= 4 is 17.4 Å². The number of hydrogen-bond donors (Lipinski definition) is 1. The summed E-state index contributed by atoms with van der Waals surface area (Å²) in [5, 5.41) is 10.6. The zero-order valence-corrected chi connectivity index (χ0v) is 13.1. The number of Topliss-reactive ketones (excluding diaryl/α,β-unsaturated/α-hetero) is 1. The van der Waals surface area contributed by atoms with Crippen LogP contribution in [0.3, 0.4) is 0 Å². The van der Waals surface area contributed by atoms with Crippen LogP contribution in [0.1, 0.15) is 28.9 Å². The Labute approximate surface area is 134 Å². The maximum atomic E-state index is 11.6. The quantitative estimate of drug-likeness (QED) is 0.825.